The van der Waals surface area contributed by atoms with E-state index in [0.29, 0.717) is 5.92 Å². The highest BCUT2D eigenvalue weighted by atomic mass is 15.5. The molecule has 0 saturated heterocycles. The molecule has 15 heavy (non-hydrogen) atoms. The average Bonchev–Trinajstić information content (AvgIpc) is 2.85. The summed E-state index contributed by atoms with van der Waals surface area (Å²) in [7, 11) is 3.92. The molecule has 1 atom stereocenters. The van der Waals surface area contributed by atoms with Gasteiger partial charge in [-0.2, -0.15) is 0 Å². The number of aryl methyl sites for hydroxylation is 1. The molecule has 1 aliphatic rings. The van der Waals surface area contributed by atoms with Crippen LogP contribution < -0.4 is 5.32 Å². The van der Waals surface area contributed by atoms with Crippen LogP contribution in [0.15, 0.2) is 0 Å². The third-order valence-corrected chi connectivity index (χ3v) is 3.38. The Morgan fingerprint density at radius 3 is 2.73 bits per heavy atom. The van der Waals surface area contributed by atoms with E-state index in [9.17, 15) is 0 Å². The molecule has 1 aromatic rings. The maximum absolute atomic E-state index is 4.14. The lowest BCUT2D eigenvalue weighted by Gasteiger charge is -2.21. The molecule has 0 spiro atoms. The standard InChI is InChI=1S/C10H19N5/c1-11-7-9(8-5-3-4-6-8)10-12-13-14-15(10)2/h8-9,11H,3-7H2,1-2H3. The van der Waals surface area contributed by atoms with Crippen LogP contribution >= 0.6 is 0 Å². The fourth-order valence-electron chi connectivity index (χ4n) is 2.60. The molecule has 5 nitrogen and oxygen atoms in total. The van der Waals surface area contributed by atoms with E-state index >= 15 is 0 Å². The number of nitrogens with one attached hydrogen (secondary N) is 1. The highest BCUT2D eigenvalue weighted by Crippen LogP contribution is 2.35. The highest BCUT2D eigenvalue weighted by Gasteiger charge is 2.29. The van der Waals surface area contributed by atoms with Gasteiger partial charge in [-0.15, -0.1) is 5.10 Å². The molecule has 84 valence electrons. The number of rotatable bonds is 4. The predicted octanol–water partition coefficient (Wildman–Crippen LogP) is 0.703. The van der Waals surface area contributed by atoms with Crippen molar-refractivity contribution in [2.24, 2.45) is 13.0 Å². The first-order chi connectivity index (χ1) is 7.33. The Hall–Kier alpha value is -0.970. The molecule has 2 rings (SSSR count). The second kappa shape index (κ2) is 4.70. The minimum absolute atomic E-state index is 0.470. The van der Waals surface area contributed by atoms with Crippen molar-refractivity contribution in [3.63, 3.8) is 0 Å². The summed E-state index contributed by atoms with van der Waals surface area (Å²) < 4.78 is 1.81. The van der Waals surface area contributed by atoms with E-state index in [-0.39, 0.29) is 0 Å². The van der Waals surface area contributed by atoms with Crippen LogP contribution in [0, 0.1) is 5.92 Å². The molecule has 1 fully saturated rings. The van der Waals surface area contributed by atoms with Gasteiger partial charge in [0.1, 0.15) is 0 Å². The number of hydrogen-bond acceptors (Lipinski definition) is 4. The molecule has 1 saturated carbocycles. The first-order valence-corrected chi connectivity index (χ1v) is 5.69. The Labute approximate surface area is 90.2 Å². The summed E-state index contributed by atoms with van der Waals surface area (Å²) in [5.74, 6) is 2.25. The molecule has 1 unspecified atom stereocenters. The van der Waals surface area contributed by atoms with Crippen LogP contribution in [0.5, 0.6) is 0 Å². The van der Waals surface area contributed by atoms with Crippen molar-refractivity contribution in [3.8, 4) is 0 Å². The van der Waals surface area contributed by atoms with E-state index in [1.54, 1.807) is 4.68 Å². The summed E-state index contributed by atoms with van der Waals surface area (Å²) in [6, 6.07) is 0. The predicted molar refractivity (Wildman–Crippen MR) is 57.4 cm³/mol. The zero-order chi connectivity index (χ0) is 10.7. The second-order valence-electron chi connectivity index (χ2n) is 4.37. The topological polar surface area (TPSA) is 55.6 Å². The third-order valence-electron chi connectivity index (χ3n) is 3.38. The summed E-state index contributed by atoms with van der Waals surface area (Å²) in [6.45, 7) is 0.971. The summed E-state index contributed by atoms with van der Waals surface area (Å²) in [4.78, 5) is 0. The van der Waals surface area contributed by atoms with Crippen molar-refractivity contribution in [1.29, 1.82) is 0 Å². The largest absolute Gasteiger partial charge is 0.319 e. The van der Waals surface area contributed by atoms with E-state index in [0.717, 1.165) is 18.3 Å². The minimum Gasteiger partial charge on any atom is -0.319 e. The van der Waals surface area contributed by atoms with E-state index in [1.165, 1.54) is 25.7 Å². The Balaban J connectivity index is 2.15. The van der Waals surface area contributed by atoms with Crippen LogP contribution in [-0.2, 0) is 7.05 Å². The van der Waals surface area contributed by atoms with Crippen molar-refractivity contribution in [1.82, 2.24) is 25.5 Å². The van der Waals surface area contributed by atoms with Crippen molar-refractivity contribution in [2.45, 2.75) is 31.6 Å². The Morgan fingerprint density at radius 1 is 1.47 bits per heavy atom. The van der Waals surface area contributed by atoms with Crippen LogP contribution in [0.3, 0.4) is 0 Å². The fraction of sp³-hybridized carbons (Fsp3) is 0.900. The lowest BCUT2D eigenvalue weighted by atomic mass is 9.90. The molecule has 0 aliphatic heterocycles. The maximum atomic E-state index is 4.14. The fourth-order valence-corrected chi connectivity index (χ4v) is 2.60. The minimum atomic E-state index is 0.470. The van der Waals surface area contributed by atoms with Crippen molar-refractivity contribution in [3.05, 3.63) is 5.82 Å². The Morgan fingerprint density at radius 2 is 2.20 bits per heavy atom. The van der Waals surface area contributed by atoms with E-state index in [1.807, 2.05) is 14.1 Å². The van der Waals surface area contributed by atoms with Crippen molar-refractivity contribution in [2.75, 3.05) is 13.6 Å². The van der Waals surface area contributed by atoms with Gasteiger partial charge in [-0.25, -0.2) is 4.68 Å². The van der Waals surface area contributed by atoms with Gasteiger partial charge in [-0.3, -0.25) is 0 Å². The van der Waals surface area contributed by atoms with Crippen LogP contribution in [0.25, 0.3) is 0 Å². The second-order valence-corrected chi connectivity index (χ2v) is 4.37. The van der Waals surface area contributed by atoms with E-state index in [4.69, 9.17) is 0 Å². The van der Waals surface area contributed by atoms with Crippen LogP contribution in [0.2, 0.25) is 0 Å². The van der Waals surface area contributed by atoms with Gasteiger partial charge >= 0.3 is 0 Å². The van der Waals surface area contributed by atoms with Crippen molar-refractivity contribution >= 4 is 0 Å². The first kappa shape index (κ1) is 10.5. The van der Waals surface area contributed by atoms with Gasteiger partial charge in [0.15, 0.2) is 5.82 Å². The lowest BCUT2D eigenvalue weighted by molar-refractivity contribution is 0.394. The molecule has 0 amide bonds. The van der Waals surface area contributed by atoms with Gasteiger partial charge in [0.05, 0.1) is 0 Å². The molecule has 0 bridgehead atoms. The first-order valence-electron chi connectivity index (χ1n) is 5.69. The lowest BCUT2D eigenvalue weighted by Crippen LogP contribution is -2.25. The molecule has 0 radical (unpaired) electrons. The molecule has 5 heteroatoms. The molecule has 1 aromatic heterocycles. The molecule has 1 aliphatic carbocycles. The van der Waals surface area contributed by atoms with Gasteiger partial charge in [-0.1, -0.05) is 12.8 Å². The average molecular weight is 209 g/mol. The van der Waals surface area contributed by atoms with Crippen LogP contribution in [0.4, 0.5) is 0 Å². The SMILES string of the molecule is CNCC(c1nnnn1C)C1CCCC1. The van der Waals surface area contributed by atoms with Crippen LogP contribution in [0.1, 0.15) is 37.4 Å². The number of tetrazole rings is 1. The molecular formula is C10H19N5. The summed E-state index contributed by atoms with van der Waals surface area (Å²) >= 11 is 0. The van der Waals surface area contributed by atoms with Gasteiger partial charge < -0.3 is 5.32 Å². The monoisotopic (exact) mass is 209 g/mol. The van der Waals surface area contributed by atoms with Gasteiger partial charge in [0.2, 0.25) is 0 Å². The van der Waals surface area contributed by atoms with E-state index < -0.39 is 0 Å². The van der Waals surface area contributed by atoms with Gasteiger partial charge in [0.25, 0.3) is 0 Å². The summed E-state index contributed by atoms with van der Waals surface area (Å²) in [6.07, 6.45) is 5.35. The number of hydrogen-bond donors (Lipinski definition) is 1. The smallest absolute Gasteiger partial charge is 0.155 e. The van der Waals surface area contributed by atoms with Crippen LogP contribution in [-0.4, -0.2) is 33.8 Å². The number of aromatic nitrogens is 4. The van der Waals surface area contributed by atoms with Gasteiger partial charge in [-0.05, 0) is 36.2 Å². The Kier molecular flexibility index (Phi) is 3.30. The summed E-state index contributed by atoms with van der Waals surface area (Å²) in [5, 5.41) is 15.0. The van der Waals surface area contributed by atoms with E-state index in [2.05, 4.69) is 20.8 Å². The quantitative estimate of drug-likeness (QED) is 0.793. The molecular weight excluding hydrogens is 190 g/mol. The zero-order valence-electron chi connectivity index (χ0n) is 9.48. The molecule has 1 N–H and O–H groups in total. The maximum Gasteiger partial charge on any atom is 0.155 e. The normalized spacial score (nSPS) is 19.6. The van der Waals surface area contributed by atoms with Crippen molar-refractivity contribution < 1.29 is 0 Å². The molecule has 1 heterocycles. The highest BCUT2D eigenvalue weighted by molar-refractivity contribution is 4.99. The number of nitrogens with zero attached hydrogens (tertiary/aromatic N) is 4. The summed E-state index contributed by atoms with van der Waals surface area (Å²) in [5.41, 5.74) is 0. The van der Waals surface area contributed by atoms with Gasteiger partial charge in [0, 0.05) is 19.5 Å². The number of likely N-dealkylation sites (N-methyl/N-ethyl adjacent to an activating group) is 1. The molecule has 0 aromatic carbocycles. The Bertz CT molecular complexity index is 303. The third kappa shape index (κ3) is 2.17. The zero-order valence-corrected chi connectivity index (χ0v) is 9.48.